The summed E-state index contributed by atoms with van der Waals surface area (Å²) in [4.78, 5) is 24.0. The van der Waals surface area contributed by atoms with Crippen molar-refractivity contribution in [3.8, 4) is 11.6 Å². The highest BCUT2D eigenvalue weighted by Gasteiger charge is 2.31. The Morgan fingerprint density at radius 2 is 1.97 bits per heavy atom. The molecule has 0 saturated carbocycles. The number of hydrogen-bond donors (Lipinski definition) is 1. The molecular formula is C27H25F3N4O3. The van der Waals surface area contributed by atoms with Gasteiger partial charge in [-0.3, -0.25) is 9.69 Å². The number of halogens is 3. The molecule has 1 aliphatic carbocycles. The Kier molecular flexibility index (Phi) is 7.20. The summed E-state index contributed by atoms with van der Waals surface area (Å²) >= 11 is 0. The summed E-state index contributed by atoms with van der Waals surface area (Å²) in [6.45, 7) is 4.13. The number of nitrogens with one attached hydrogen (secondary N) is 1. The van der Waals surface area contributed by atoms with E-state index in [2.05, 4.69) is 20.2 Å². The van der Waals surface area contributed by atoms with E-state index in [0.29, 0.717) is 23.9 Å². The van der Waals surface area contributed by atoms with Gasteiger partial charge in [-0.25, -0.2) is 4.98 Å². The zero-order valence-electron chi connectivity index (χ0n) is 19.9. The first-order valence-corrected chi connectivity index (χ1v) is 12.0. The van der Waals surface area contributed by atoms with Gasteiger partial charge in [0.05, 0.1) is 24.7 Å². The SMILES string of the molecule is O=C(Nc1cccc(C(F)(F)F)c1)C1C=Cc2cc(Oc3ccnc(CCN4CCOCC4)n3)ccc21. The van der Waals surface area contributed by atoms with E-state index >= 15 is 0 Å². The Labute approximate surface area is 211 Å². The maximum Gasteiger partial charge on any atom is 0.416 e. The van der Waals surface area contributed by atoms with Gasteiger partial charge in [0.15, 0.2) is 0 Å². The monoisotopic (exact) mass is 510 g/mol. The van der Waals surface area contributed by atoms with Gasteiger partial charge in [-0.2, -0.15) is 18.2 Å². The number of carbonyl (C=O) groups is 1. The van der Waals surface area contributed by atoms with Crippen molar-refractivity contribution in [1.82, 2.24) is 14.9 Å². The lowest BCUT2D eigenvalue weighted by atomic mass is 9.99. The topological polar surface area (TPSA) is 76.6 Å². The Hall–Kier alpha value is -3.76. The van der Waals surface area contributed by atoms with E-state index in [1.807, 2.05) is 0 Å². The van der Waals surface area contributed by atoms with Crippen molar-refractivity contribution in [2.75, 3.05) is 38.2 Å². The molecule has 3 aromatic rings. The fraction of sp³-hybridized carbons (Fsp3) is 0.296. The summed E-state index contributed by atoms with van der Waals surface area (Å²) in [6.07, 6.45) is 1.40. The van der Waals surface area contributed by atoms with Crippen LogP contribution in [0.3, 0.4) is 0 Å². The number of aromatic nitrogens is 2. The standard InChI is InChI=1S/C27H25F3N4O3/c28-27(29,30)19-2-1-3-20(17-19)32-26(35)23-6-4-18-16-21(5-7-22(18)23)37-25-8-10-31-24(33-25)9-11-34-12-14-36-15-13-34/h1-8,10,16-17,23H,9,11-15H2,(H,32,35). The van der Waals surface area contributed by atoms with Gasteiger partial charge in [-0.1, -0.05) is 24.3 Å². The first-order chi connectivity index (χ1) is 17.8. The molecule has 192 valence electrons. The summed E-state index contributed by atoms with van der Waals surface area (Å²) in [6, 6.07) is 11.6. The van der Waals surface area contributed by atoms with Gasteiger partial charge < -0.3 is 14.8 Å². The van der Waals surface area contributed by atoms with Crippen molar-refractivity contribution in [3.63, 3.8) is 0 Å². The number of alkyl halides is 3. The van der Waals surface area contributed by atoms with Crippen LogP contribution < -0.4 is 10.1 Å². The van der Waals surface area contributed by atoms with Crippen LogP contribution in [0.2, 0.25) is 0 Å². The maximum absolute atomic E-state index is 13.0. The normalized spacial score (nSPS) is 17.4. The van der Waals surface area contributed by atoms with Crippen LogP contribution in [0.15, 0.2) is 60.8 Å². The number of anilines is 1. The fourth-order valence-corrected chi connectivity index (χ4v) is 4.33. The lowest BCUT2D eigenvalue weighted by Gasteiger charge is -2.26. The summed E-state index contributed by atoms with van der Waals surface area (Å²) < 4.78 is 50.3. The number of carbonyl (C=O) groups excluding carboxylic acids is 1. The van der Waals surface area contributed by atoms with Crippen LogP contribution in [-0.2, 0) is 22.1 Å². The number of nitrogens with zero attached hydrogens (tertiary/aromatic N) is 3. The minimum Gasteiger partial charge on any atom is -0.439 e. The zero-order chi connectivity index (χ0) is 25.8. The summed E-state index contributed by atoms with van der Waals surface area (Å²) in [5.74, 6) is 0.637. The minimum atomic E-state index is -4.48. The highest BCUT2D eigenvalue weighted by Crippen LogP contribution is 2.35. The Morgan fingerprint density at radius 1 is 1.14 bits per heavy atom. The van der Waals surface area contributed by atoms with Crippen molar-refractivity contribution in [3.05, 3.63) is 83.3 Å². The van der Waals surface area contributed by atoms with Gasteiger partial charge in [0.25, 0.3) is 0 Å². The summed E-state index contributed by atoms with van der Waals surface area (Å²) in [5.41, 5.74) is 0.812. The smallest absolute Gasteiger partial charge is 0.416 e. The second kappa shape index (κ2) is 10.7. The van der Waals surface area contributed by atoms with E-state index in [1.54, 1.807) is 42.6 Å². The van der Waals surface area contributed by atoms with Crippen LogP contribution in [0, 0.1) is 0 Å². The van der Waals surface area contributed by atoms with E-state index in [1.165, 1.54) is 12.1 Å². The number of fused-ring (bicyclic) bond motifs is 1. The maximum atomic E-state index is 13.0. The van der Waals surface area contributed by atoms with Gasteiger partial charge in [0.2, 0.25) is 11.8 Å². The van der Waals surface area contributed by atoms with Crippen molar-refractivity contribution < 1.29 is 27.4 Å². The Morgan fingerprint density at radius 3 is 2.78 bits per heavy atom. The number of benzene rings is 2. The molecule has 7 nitrogen and oxygen atoms in total. The Balaban J connectivity index is 1.22. The summed E-state index contributed by atoms with van der Waals surface area (Å²) in [7, 11) is 0. The molecule has 10 heteroatoms. The van der Waals surface area contributed by atoms with Gasteiger partial charge >= 0.3 is 6.18 Å². The molecule has 1 N–H and O–H groups in total. The lowest BCUT2D eigenvalue weighted by molar-refractivity contribution is -0.137. The number of ether oxygens (including phenoxy) is 2. The molecule has 1 saturated heterocycles. The van der Waals surface area contributed by atoms with E-state index < -0.39 is 23.6 Å². The molecule has 37 heavy (non-hydrogen) atoms. The van der Waals surface area contributed by atoms with Gasteiger partial charge in [0.1, 0.15) is 11.6 Å². The van der Waals surface area contributed by atoms with Crippen LogP contribution in [0.4, 0.5) is 18.9 Å². The minimum absolute atomic E-state index is 0.0924. The van der Waals surface area contributed by atoms with Crippen LogP contribution in [0.1, 0.15) is 28.4 Å². The van der Waals surface area contributed by atoms with E-state index in [9.17, 15) is 18.0 Å². The van der Waals surface area contributed by atoms with Crippen LogP contribution in [0.25, 0.3) is 6.08 Å². The molecule has 0 radical (unpaired) electrons. The molecular weight excluding hydrogens is 485 g/mol. The first-order valence-electron chi connectivity index (χ1n) is 12.0. The van der Waals surface area contributed by atoms with Crippen molar-refractivity contribution in [2.24, 2.45) is 0 Å². The molecule has 1 amide bonds. The van der Waals surface area contributed by atoms with Gasteiger partial charge in [-0.05, 0) is 41.5 Å². The predicted octanol–water partition coefficient (Wildman–Crippen LogP) is 4.91. The average molecular weight is 511 g/mol. The van der Waals surface area contributed by atoms with Gasteiger partial charge in [-0.15, -0.1) is 0 Å². The number of rotatable bonds is 7. The molecule has 1 aliphatic heterocycles. The lowest BCUT2D eigenvalue weighted by Crippen LogP contribution is -2.37. The largest absolute Gasteiger partial charge is 0.439 e. The highest BCUT2D eigenvalue weighted by molar-refractivity contribution is 5.99. The van der Waals surface area contributed by atoms with Crippen molar-refractivity contribution in [2.45, 2.75) is 18.5 Å². The van der Waals surface area contributed by atoms with E-state index in [0.717, 1.165) is 56.1 Å². The third-order valence-corrected chi connectivity index (χ3v) is 6.26. The molecule has 2 aromatic carbocycles. The molecule has 0 spiro atoms. The predicted molar refractivity (Wildman–Crippen MR) is 131 cm³/mol. The number of morpholine rings is 1. The van der Waals surface area contributed by atoms with E-state index in [4.69, 9.17) is 9.47 Å². The molecule has 2 aliphatic rings. The molecule has 1 fully saturated rings. The first kappa shape index (κ1) is 24.9. The molecule has 5 rings (SSSR count). The highest BCUT2D eigenvalue weighted by atomic mass is 19.4. The van der Waals surface area contributed by atoms with Crippen LogP contribution >= 0.6 is 0 Å². The fourth-order valence-electron chi connectivity index (χ4n) is 4.33. The van der Waals surface area contributed by atoms with Gasteiger partial charge in [0, 0.05) is 44.0 Å². The number of hydrogen-bond acceptors (Lipinski definition) is 6. The van der Waals surface area contributed by atoms with E-state index in [-0.39, 0.29) is 5.69 Å². The quantitative estimate of drug-likeness (QED) is 0.487. The summed E-state index contributed by atoms with van der Waals surface area (Å²) in [5, 5.41) is 2.58. The van der Waals surface area contributed by atoms with Crippen molar-refractivity contribution >= 4 is 17.7 Å². The molecule has 1 atom stereocenters. The third-order valence-electron chi connectivity index (χ3n) is 6.26. The Bertz CT molecular complexity index is 1310. The molecule has 1 unspecified atom stereocenters. The third kappa shape index (κ3) is 6.15. The average Bonchev–Trinajstić information content (AvgIpc) is 3.31. The van der Waals surface area contributed by atoms with Crippen molar-refractivity contribution in [1.29, 1.82) is 0 Å². The zero-order valence-corrected chi connectivity index (χ0v) is 19.9. The molecule has 0 bridgehead atoms. The van der Waals surface area contributed by atoms with Crippen LogP contribution in [0.5, 0.6) is 11.6 Å². The van der Waals surface area contributed by atoms with Crippen LogP contribution in [-0.4, -0.2) is 53.6 Å². The second-order valence-corrected chi connectivity index (χ2v) is 8.81. The molecule has 2 heterocycles. The molecule has 1 aromatic heterocycles. The number of amides is 1. The second-order valence-electron chi connectivity index (χ2n) is 8.81.